The fourth-order valence-corrected chi connectivity index (χ4v) is 2.20. The first-order valence-corrected chi connectivity index (χ1v) is 6.77. The van der Waals surface area contributed by atoms with Gasteiger partial charge in [-0.15, -0.1) is 0 Å². The van der Waals surface area contributed by atoms with Crippen LogP contribution < -0.4 is 5.32 Å². The third-order valence-corrected chi connectivity index (χ3v) is 3.46. The fourth-order valence-electron chi connectivity index (χ4n) is 2.20. The molecule has 1 aromatic heterocycles. The van der Waals surface area contributed by atoms with Gasteiger partial charge >= 0.3 is 0 Å². The van der Waals surface area contributed by atoms with Crippen molar-refractivity contribution >= 4 is 10.9 Å². The highest BCUT2D eigenvalue weighted by molar-refractivity contribution is 5.82. The molecule has 0 unspecified atom stereocenters. The van der Waals surface area contributed by atoms with E-state index >= 15 is 0 Å². The number of hydrogen-bond donors (Lipinski definition) is 2. The lowest BCUT2D eigenvalue weighted by Gasteiger charge is -2.07. The Bertz CT molecular complexity index is 502. The Morgan fingerprint density at radius 3 is 3.11 bits per heavy atom. The molecule has 0 amide bonds. The maximum atomic E-state index is 5.60. The van der Waals surface area contributed by atoms with Gasteiger partial charge in [0.1, 0.15) is 0 Å². The largest absolute Gasteiger partial charge is 0.380 e. The molecule has 0 saturated heterocycles. The normalized spacial score (nSPS) is 15.3. The minimum absolute atomic E-state index is 0.817. The molecule has 0 radical (unpaired) electrons. The van der Waals surface area contributed by atoms with Gasteiger partial charge in [-0.05, 0) is 35.8 Å². The van der Waals surface area contributed by atoms with Crippen molar-refractivity contribution in [3.8, 4) is 0 Å². The molecule has 1 aromatic carbocycles. The van der Waals surface area contributed by atoms with Crippen LogP contribution in [-0.4, -0.2) is 24.7 Å². The number of H-pyrrole nitrogens is 1. The van der Waals surface area contributed by atoms with Crippen LogP contribution in [0.3, 0.4) is 0 Å². The van der Waals surface area contributed by atoms with Crippen molar-refractivity contribution in [2.24, 2.45) is 5.92 Å². The van der Waals surface area contributed by atoms with Gasteiger partial charge in [-0.25, -0.2) is 0 Å². The fraction of sp³-hybridized carbons (Fsp3) is 0.467. The van der Waals surface area contributed by atoms with E-state index in [1.807, 2.05) is 6.20 Å². The summed E-state index contributed by atoms with van der Waals surface area (Å²) in [4.78, 5) is 3.29. The molecule has 0 atom stereocenters. The molecule has 1 aliphatic rings. The van der Waals surface area contributed by atoms with E-state index in [1.165, 1.54) is 29.3 Å². The molecule has 3 rings (SSSR count). The van der Waals surface area contributed by atoms with Crippen molar-refractivity contribution in [2.45, 2.75) is 19.4 Å². The number of fused-ring (bicyclic) bond motifs is 1. The molecule has 1 aliphatic carbocycles. The first-order chi connectivity index (χ1) is 8.93. The van der Waals surface area contributed by atoms with E-state index in [0.29, 0.717) is 0 Å². The van der Waals surface area contributed by atoms with E-state index < -0.39 is 0 Å². The Labute approximate surface area is 108 Å². The van der Waals surface area contributed by atoms with Gasteiger partial charge < -0.3 is 15.0 Å². The van der Waals surface area contributed by atoms with Crippen molar-refractivity contribution in [1.82, 2.24) is 10.3 Å². The molecule has 0 spiro atoms. The molecule has 1 fully saturated rings. The van der Waals surface area contributed by atoms with Crippen molar-refractivity contribution in [1.29, 1.82) is 0 Å². The van der Waals surface area contributed by atoms with Gasteiger partial charge in [0.05, 0.1) is 6.61 Å². The highest BCUT2D eigenvalue weighted by Gasteiger charge is 2.20. The van der Waals surface area contributed by atoms with E-state index in [2.05, 4.69) is 34.6 Å². The van der Waals surface area contributed by atoms with E-state index in [9.17, 15) is 0 Å². The monoisotopic (exact) mass is 244 g/mol. The molecule has 3 nitrogen and oxygen atoms in total. The summed E-state index contributed by atoms with van der Waals surface area (Å²) in [7, 11) is 0. The highest BCUT2D eigenvalue weighted by Crippen LogP contribution is 2.28. The summed E-state index contributed by atoms with van der Waals surface area (Å²) in [5.74, 6) is 0.859. The molecule has 1 saturated carbocycles. The number of aromatic amines is 1. The molecule has 96 valence electrons. The standard InChI is InChI=1S/C15H20N2O/c1-2-13-6-7-17-15(13)14(3-1)10-16-8-9-18-11-12-4-5-12/h1-3,6-7,12,16-17H,4-5,8-11H2. The molecule has 1 heterocycles. The summed E-state index contributed by atoms with van der Waals surface area (Å²) in [5, 5.41) is 4.71. The lowest BCUT2D eigenvalue weighted by molar-refractivity contribution is 0.126. The second-order valence-corrected chi connectivity index (χ2v) is 5.05. The zero-order chi connectivity index (χ0) is 12.2. The van der Waals surface area contributed by atoms with Crippen LogP contribution in [-0.2, 0) is 11.3 Å². The van der Waals surface area contributed by atoms with Gasteiger partial charge in [-0.2, -0.15) is 0 Å². The van der Waals surface area contributed by atoms with E-state index in [-0.39, 0.29) is 0 Å². The predicted molar refractivity (Wildman–Crippen MR) is 73.5 cm³/mol. The third-order valence-electron chi connectivity index (χ3n) is 3.46. The maximum Gasteiger partial charge on any atom is 0.0591 e. The van der Waals surface area contributed by atoms with Crippen molar-refractivity contribution in [2.75, 3.05) is 19.8 Å². The first-order valence-electron chi connectivity index (χ1n) is 6.77. The second-order valence-electron chi connectivity index (χ2n) is 5.05. The minimum Gasteiger partial charge on any atom is -0.380 e. The van der Waals surface area contributed by atoms with Gasteiger partial charge in [0.15, 0.2) is 0 Å². The van der Waals surface area contributed by atoms with Crippen LogP contribution in [0, 0.1) is 5.92 Å². The van der Waals surface area contributed by atoms with Crippen LogP contribution in [0.5, 0.6) is 0 Å². The summed E-state index contributed by atoms with van der Waals surface area (Å²) < 4.78 is 5.60. The minimum atomic E-state index is 0.817. The van der Waals surface area contributed by atoms with Gasteiger partial charge in [0.25, 0.3) is 0 Å². The van der Waals surface area contributed by atoms with Crippen LogP contribution in [0.4, 0.5) is 0 Å². The zero-order valence-electron chi connectivity index (χ0n) is 10.6. The topological polar surface area (TPSA) is 37.0 Å². The number of ether oxygens (including phenoxy) is 1. The Morgan fingerprint density at radius 2 is 2.22 bits per heavy atom. The lowest BCUT2D eigenvalue weighted by atomic mass is 10.1. The zero-order valence-corrected chi connectivity index (χ0v) is 10.6. The molecule has 0 bridgehead atoms. The van der Waals surface area contributed by atoms with Crippen LogP contribution in [0.15, 0.2) is 30.5 Å². The first kappa shape index (κ1) is 11.8. The maximum absolute atomic E-state index is 5.60. The third kappa shape index (κ3) is 2.92. The molecular formula is C15H20N2O. The SMILES string of the molecule is c1cc(CNCCOCC2CC2)c2[nH]ccc2c1. The quantitative estimate of drug-likeness (QED) is 0.735. The van der Waals surface area contributed by atoms with E-state index in [0.717, 1.165) is 32.2 Å². The smallest absolute Gasteiger partial charge is 0.0591 e. The molecule has 0 aliphatic heterocycles. The number of benzene rings is 1. The molecular weight excluding hydrogens is 224 g/mol. The van der Waals surface area contributed by atoms with Crippen molar-refractivity contribution < 1.29 is 4.74 Å². The Morgan fingerprint density at radius 1 is 1.28 bits per heavy atom. The number of aromatic nitrogens is 1. The summed E-state index contributed by atoms with van der Waals surface area (Å²) >= 11 is 0. The molecule has 18 heavy (non-hydrogen) atoms. The van der Waals surface area contributed by atoms with Crippen molar-refractivity contribution in [3.05, 3.63) is 36.0 Å². The summed E-state index contributed by atoms with van der Waals surface area (Å²) in [6, 6.07) is 8.51. The lowest BCUT2D eigenvalue weighted by Crippen LogP contribution is -2.19. The van der Waals surface area contributed by atoms with Crippen molar-refractivity contribution in [3.63, 3.8) is 0 Å². The molecule has 2 aromatic rings. The van der Waals surface area contributed by atoms with Crippen LogP contribution in [0.2, 0.25) is 0 Å². The van der Waals surface area contributed by atoms with Crippen LogP contribution in [0.25, 0.3) is 10.9 Å². The van der Waals surface area contributed by atoms with Gasteiger partial charge in [-0.3, -0.25) is 0 Å². The van der Waals surface area contributed by atoms with E-state index in [1.54, 1.807) is 0 Å². The van der Waals surface area contributed by atoms with Crippen LogP contribution >= 0.6 is 0 Å². The van der Waals surface area contributed by atoms with Gasteiger partial charge in [-0.1, -0.05) is 18.2 Å². The predicted octanol–water partition coefficient (Wildman–Crippen LogP) is 2.68. The Kier molecular flexibility index (Phi) is 3.62. The number of para-hydroxylation sites is 1. The average Bonchev–Trinajstić information content (AvgIpc) is 3.08. The highest BCUT2D eigenvalue weighted by atomic mass is 16.5. The number of hydrogen-bond acceptors (Lipinski definition) is 2. The van der Waals surface area contributed by atoms with Gasteiger partial charge in [0.2, 0.25) is 0 Å². The van der Waals surface area contributed by atoms with Gasteiger partial charge in [0, 0.05) is 31.4 Å². The van der Waals surface area contributed by atoms with Crippen LogP contribution in [0.1, 0.15) is 18.4 Å². The summed E-state index contributed by atoms with van der Waals surface area (Å²) in [5.41, 5.74) is 2.56. The number of nitrogens with one attached hydrogen (secondary N) is 2. The summed E-state index contributed by atoms with van der Waals surface area (Å²) in [6.07, 6.45) is 4.72. The average molecular weight is 244 g/mol. The second kappa shape index (κ2) is 5.55. The Balaban J connectivity index is 1.43. The van der Waals surface area contributed by atoms with E-state index in [4.69, 9.17) is 4.74 Å². The number of rotatable bonds is 7. The Hall–Kier alpha value is -1.32. The molecule has 3 heteroatoms. The molecule has 2 N–H and O–H groups in total. The summed E-state index contributed by atoms with van der Waals surface area (Å²) in [6.45, 7) is 3.58.